The summed E-state index contributed by atoms with van der Waals surface area (Å²) in [5.41, 5.74) is 13.2. The van der Waals surface area contributed by atoms with E-state index in [9.17, 15) is 14.8 Å². The molecule has 1 aromatic carbocycles. The van der Waals surface area contributed by atoms with Crippen molar-refractivity contribution < 1.29 is 14.7 Å². The number of nitrogens with two attached hydrogens (primary N) is 2. The van der Waals surface area contributed by atoms with Gasteiger partial charge in [0, 0.05) is 22.3 Å². The Bertz CT molecular complexity index is 881. The summed E-state index contributed by atoms with van der Waals surface area (Å²) in [6.45, 7) is 0.357. The van der Waals surface area contributed by atoms with Gasteiger partial charge < -0.3 is 21.9 Å². The van der Waals surface area contributed by atoms with Crippen molar-refractivity contribution in [1.82, 2.24) is 5.32 Å². The number of guanidine groups is 1. The fourth-order valence-corrected chi connectivity index (χ4v) is 3.25. The number of para-hydroxylation sites is 1. The average Bonchev–Trinajstić information content (AvgIpc) is 2.66. The molecule has 1 aliphatic heterocycles. The van der Waals surface area contributed by atoms with Crippen LogP contribution in [0.3, 0.4) is 0 Å². The Labute approximate surface area is 156 Å². The van der Waals surface area contributed by atoms with Crippen LogP contribution in [0.1, 0.15) is 18.4 Å². The van der Waals surface area contributed by atoms with Crippen LogP contribution in [0.4, 0.5) is 5.69 Å². The van der Waals surface area contributed by atoms with E-state index in [1.54, 1.807) is 18.2 Å². The number of aliphatic imine (C=N–C) groups is 1. The van der Waals surface area contributed by atoms with Crippen molar-refractivity contribution in [2.45, 2.75) is 24.9 Å². The van der Waals surface area contributed by atoms with E-state index in [1.807, 2.05) is 30.4 Å². The molecule has 140 valence electrons. The highest BCUT2D eigenvalue weighted by Crippen LogP contribution is 2.37. The lowest BCUT2D eigenvalue weighted by molar-refractivity contribution is -0.483. The van der Waals surface area contributed by atoms with Gasteiger partial charge in [0.25, 0.3) is 11.7 Å². The van der Waals surface area contributed by atoms with Crippen LogP contribution in [-0.2, 0) is 4.79 Å². The average molecular weight is 368 g/mol. The highest BCUT2D eigenvalue weighted by atomic mass is 16.4. The van der Waals surface area contributed by atoms with E-state index in [1.165, 1.54) is 0 Å². The van der Waals surface area contributed by atoms with E-state index in [4.69, 9.17) is 11.5 Å². The first kappa shape index (κ1) is 18.4. The number of carbonyl (C=O) groups is 1. The summed E-state index contributed by atoms with van der Waals surface area (Å²) in [4.78, 5) is 28.4. The first-order valence-electron chi connectivity index (χ1n) is 8.68. The monoisotopic (exact) mass is 368 g/mol. The fraction of sp³-hybridized carbons (Fsp3) is 0.263. The largest absolute Gasteiger partial charge is 0.480 e. The molecule has 6 N–H and O–H groups in total. The zero-order valence-corrected chi connectivity index (χ0v) is 14.7. The molecule has 0 fully saturated rings. The Morgan fingerprint density at radius 1 is 1.30 bits per heavy atom. The summed E-state index contributed by atoms with van der Waals surface area (Å²) in [6.07, 6.45) is 8.15. The third-order valence-corrected chi connectivity index (χ3v) is 4.51. The zero-order valence-electron chi connectivity index (χ0n) is 14.7. The number of rotatable bonds is 7. The lowest BCUT2D eigenvalue weighted by atomic mass is 9.90. The van der Waals surface area contributed by atoms with Crippen molar-refractivity contribution in [3.8, 4) is 0 Å². The minimum Gasteiger partial charge on any atom is -0.480 e. The van der Waals surface area contributed by atoms with Gasteiger partial charge in [-0.25, -0.2) is 4.79 Å². The molecule has 1 aromatic rings. The maximum Gasteiger partial charge on any atom is 0.326 e. The molecule has 1 heterocycles. The molecule has 0 radical (unpaired) electrons. The third kappa shape index (κ3) is 3.89. The van der Waals surface area contributed by atoms with Crippen molar-refractivity contribution >= 4 is 23.3 Å². The molecule has 0 spiro atoms. The number of nitrogens with one attached hydrogen (secondary N) is 1. The van der Waals surface area contributed by atoms with Crippen molar-refractivity contribution in [1.29, 1.82) is 0 Å². The Hall–Kier alpha value is -3.42. The second-order valence-electron chi connectivity index (χ2n) is 6.35. The quantitative estimate of drug-likeness (QED) is 0.249. The number of carboxylic acid groups (broad SMARTS) is 1. The summed E-state index contributed by atoms with van der Waals surface area (Å²) >= 11 is 0. The number of aliphatic carboxylic acids is 1. The molecule has 3 rings (SSSR count). The van der Waals surface area contributed by atoms with Crippen molar-refractivity contribution in [3.63, 3.8) is 0 Å². The minimum absolute atomic E-state index is 0.0153. The van der Waals surface area contributed by atoms with Crippen LogP contribution >= 0.6 is 0 Å². The van der Waals surface area contributed by atoms with Gasteiger partial charge in [0.1, 0.15) is 6.04 Å². The van der Waals surface area contributed by atoms with E-state index in [2.05, 4.69) is 10.3 Å². The van der Waals surface area contributed by atoms with Crippen molar-refractivity contribution in [2.24, 2.45) is 16.5 Å². The normalized spacial score (nSPS) is 18.5. The van der Waals surface area contributed by atoms with Crippen LogP contribution in [0.25, 0.3) is 5.70 Å². The van der Waals surface area contributed by atoms with Gasteiger partial charge in [0.05, 0.1) is 16.8 Å². The van der Waals surface area contributed by atoms with Crippen LogP contribution in [0.2, 0.25) is 0 Å². The molecule has 8 heteroatoms. The summed E-state index contributed by atoms with van der Waals surface area (Å²) < 4.78 is 0.949. The van der Waals surface area contributed by atoms with Crippen LogP contribution in [0.5, 0.6) is 0 Å². The Morgan fingerprint density at radius 3 is 2.81 bits per heavy atom. The van der Waals surface area contributed by atoms with Crippen molar-refractivity contribution in [3.05, 3.63) is 64.6 Å². The fourth-order valence-electron chi connectivity index (χ4n) is 3.25. The van der Waals surface area contributed by atoms with E-state index < -0.39 is 18.1 Å². The number of carboxylic acids is 1. The molecule has 0 saturated carbocycles. The lowest BCUT2D eigenvalue weighted by Gasteiger charge is -2.25. The number of nitrogens with zero attached hydrogens (tertiary/aromatic N) is 2. The zero-order chi connectivity index (χ0) is 19.4. The van der Waals surface area contributed by atoms with Crippen LogP contribution in [0, 0.1) is 4.91 Å². The van der Waals surface area contributed by atoms with Crippen LogP contribution < -0.4 is 16.8 Å². The Morgan fingerprint density at radius 2 is 2.07 bits per heavy atom. The van der Waals surface area contributed by atoms with Gasteiger partial charge in [-0.05, 0) is 31.1 Å². The molecule has 2 atom stereocenters. The van der Waals surface area contributed by atoms with E-state index in [0.29, 0.717) is 36.3 Å². The molecule has 0 saturated heterocycles. The predicted octanol–water partition coefficient (Wildman–Crippen LogP) is 1.41. The summed E-state index contributed by atoms with van der Waals surface area (Å²) in [5.74, 6) is -0.986. The molecular weight excluding hydrogens is 346 g/mol. The molecule has 0 amide bonds. The van der Waals surface area contributed by atoms with Gasteiger partial charge in [-0.1, -0.05) is 24.3 Å². The first-order chi connectivity index (χ1) is 13.0. The van der Waals surface area contributed by atoms with Crippen LogP contribution in [0.15, 0.2) is 59.1 Å². The number of fused-ring (bicyclic) bond motifs is 2. The summed E-state index contributed by atoms with van der Waals surface area (Å²) in [5, 5.41) is 12.8. The maximum absolute atomic E-state index is 12.7. The second-order valence-corrected chi connectivity index (χ2v) is 6.35. The molecule has 8 nitrogen and oxygen atoms in total. The standard InChI is InChI=1S/C19H21N5O3/c20-19(21)22-11-5-8-14(18(25)26)23-17-12-6-1-3-9-15(12)24(27)16-10-4-2-7-13(16)17/h1-4,6-7,9-10,14-15,23H,5,8,11H2,(H4-,20,21,22,25,26)/p+1. The van der Waals surface area contributed by atoms with Gasteiger partial charge in [-0.3, -0.25) is 4.99 Å². The maximum atomic E-state index is 12.7. The molecule has 27 heavy (non-hydrogen) atoms. The lowest BCUT2D eigenvalue weighted by Crippen LogP contribution is -2.39. The van der Waals surface area contributed by atoms with E-state index >= 15 is 0 Å². The predicted molar refractivity (Wildman–Crippen MR) is 103 cm³/mol. The SMILES string of the molecule is NC(N)=NCCCC(NC1=C2C=CC=CC2[N+](=O)c2ccccc21)C(=O)O. The van der Waals surface area contributed by atoms with Gasteiger partial charge >= 0.3 is 5.97 Å². The second kappa shape index (κ2) is 7.86. The number of allylic oxidation sites excluding steroid dienone is 2. The van der Waals surface area contributed by atoms with Gasteiger partial charge in [0.2, 0.25) is 0 Å². The topological polar surface area (TPSA) is 134 Å². The summed E-state index contributed by atoms with van der Waals surface area (Å²) in [7, 11) is 0. The van der Waals surface area contributed by atoms with Gasteiger partial charge in [-0.2, -0.15) is 0 Å². The number of hydrogen-bond donors (Lipinski definition) is 4. The molecule has 1 aliphatic carbocycles. The van der Waals surface area contributed by atoms with Gasteiger partial charge in [0.15, 0.2) is 5.96 Å². The van der Waals surface area contributed by atoms with E-state index in [0.717, 1.165) is 10.3 Å². The van der Waals surface area contributed by atoms with Gasteiger partial charge in [-0.15, -0.1) is 0 Å². The third-order valence-electron chi connectivity index (χ3n) is 4.51. The Balaban J connectivity index is 1.91. The highest BCUT2D eigenvalue weighted by molar-refractivity contribution is 5.83. The molecule has 2 unspecified atom stereocenters. The van der Waals surface area contributed by atoms with Crippen LogP contribution in [-0.4, -0.2) is 40.4 Å². The smallest absolute Gasteiger partial charge is 0.326 e. The van der Waals surface area contributed by atoms with Crippen molar-refractivity contribution in [2.75, 3.05) is 6.54 Å². The molecule has 0 bridgehead atoms. The van der Waals surface area contributed by atoms with E-state index in [-0.39, 0.29) is 5.96 Å². The molecule has 2 aliphatic rings. The number of nitroso groups, excluding NO2 is 1. The summed E-state index contributed by atoms with van der Waals surface area (Å²) in [6, 6.07) is 5.86. The highest BCUT2D eigenvalue weighted by Gasteiger charge is 2.40. The number of hydrogen-bond acceptors (Lipinski definition) is 4. The number of benzene rings is 1. The molecular formula is C19H22N5O3+. The minimum atomic E-state index is -0.971. The molecule has 0 aromatic heterocycles. The first-order valence-corrected chi connectivity index (χ1v) is 8.68. The Kier molecular flexibility index (Phi) is 5.35.